The Morgan fingerprint density at radius 3 is 2.70 bits per heavy atom. The molecule has 0 bridgehead atoms. The van der Waals surface area contributed by atoms with E-state index >= 15 is 0 Å². The molecule has 1 amide bonds. The van der Waals surface area contributed by atoms with Gasteiger partial charge in [0.2, 0.25) is 0 Å². The van der Waals surface area contributed by atoms with Gasteiger partial charge < -0.3 is 14.8 Å². The molecule has 6 nitrogen and oxygen atoms in total. The van der Waals surface area contributed by atoms with Gasteiger partial charge in [-0.25, -0.2) is 18.2 Å². The van der Waals surface area contributed by atoms with Crippen LogP contribution in [0.1, 0.15) is 15.4 Å². The highest BCUT2D eigenvalue weighted by molar-refractivity contribution is 7.18. The Balaban J connectivity index is 0.000000469. The van der Waals surface area contributed by atoms with Crippen LogP contribution in [0.4, 0.5) is 13.2 Å². The number of carbonyl (C=O) groups excluding carboxylic acids is 2. The van der Waals surface area contributed by atoms with Crippen molar-refractivity contribution in [3.63, 3.8) is 0 Å². The molecule has 2 aromatic carbocycles. The number of fused-ring (bicyclic) bond motifs is 1. The molecule has 3 aromatic rings. The topological polar surface area (TPSA) is 77.5 Å². The van der Waals surface area contributed by atoms with Crippen LogP contribution in [-0.4, -0.2) is 37.7 Å². The highest BCUT2D eigenvalue weighted by Crippen LogP contribution is 2.28. The van der Waals surface area contributed by atoms with Crippen molar-refractivity contribution in [2.45, 2.75) is 6.61 Å². The minimum atomic E-state index is -1.04. The van der Waals surface area contributed by atoms with Crippen molar-refractivity contribution in [1.82, 2.24) is 10.3 Å². The first-order chi connectivity index (χ1) is 14.4. The maximum Gasteiger partial charge on any atom is 0.293 e. The maximum atomic E-state index is 14.3. The summed E-state index contributed by atoms with van der Waals surface area (Å²) in [6.45, 7) is -0.505. The number of halogens is 4. The number of hydrogen-bond acceptors (Lipinski definition) is 6. The second-order valence-corrected chi connectivity index (χ2v) is 7.03. The average Bonchev–Trinajstić information content (AvgIpc) is 3.14. The Morgan fingerprint density at radius 1 is 1.30 bits per heavy atom. The lowest BCUT2D eigenvalue weighted by molar-refractivity contribution is -0.129. The lowest BCUT2D eigenvalue weighted by Gasteiger charge is -2.09. The van der Waals surface area contributed by atoms with Crippen LogP contribution in [-0.2, 0) is 16.1 Å². The lowest BCUT2D eigenvalue weighted by Crippen LogP contribution is -2.21. The van der Waals surface area contributed by atoms with Gasteiger partial charge in [0, 0.05) is 12.1 Å². The Kier molecular flexibility index (Phi) is 8.88. The fourth-order valence-corrected chi connectivity index (χ4v) is 3.25. The largest absolute Gasteiger partial charge is 0.483 e. The van der Waals surface area contributed by atoms with Crippen molar-refractivity contribution in [1.29, 1.82) is 0 Å². The zero-order valence-corrected chi connectivity index (χ0v) is 17.2. The van der Waals surface area contributed by atoms with Crippen molar-refractivity contribution in [2.75, 3.05) is 20.3 Å². The molecule has 0 radical (unpaired) electrons. The van der Waals surface area contributed by atoms with Gasteiger partial charge in [0.1, 0.15) is 36.3 Å². The third-order valence-corrected chi connectivity index (χ3v) is 4.76. The van der Waals surface area contributed by atoms with Crippen LogP contribution in [0, 0.1) is 11.6 Å². The molecule has 11 heteroatoms. The minimum absolute atomic E-state index is 0.00724. The van der Waals surface area contributed by atoms with E-state index in [1.54, 1.807) is 12.1 Å². The molecule has 0 saturated carbocycles. The van der Waals surface area contributed by atoms with E-state index in [4.69, 9.17) is 16.3 Å². The quantitative estimate of drug-likeness (QED) is 0.420. The summed E-state index contributed by atoms with van der Waals surface area (Å²) in [6.07, 6.45) is 0. The molecule has 0 aliphatic rings. The molecular weight excluding hydrogens is 445 g/mol. The maximum absolute atomic E-state index is 14.3. The number of aromatic nitrogens is 1. The van der Waals surface area contributed by atoms with Crippen LogP contribution >= 0.6 is 22.9 Å². The SMILES string of the molecule is CNC(=O)c1c(F)ccc(OCc2nc3cc(Cl)ccc3s2)c1F.O=COCCF. The molecule has 0 spiro atoms. The number of benzene rings is 2. The van der Waals surface area contributed by atoms with E-state index in [1.807, 2.05) is 6.07 Å². The molecule has 0 fully saturated rings. The van der Waals surface area contributed by atoms with E-state index in [9.17, 15) is 22.8 Å². The fraction of sp³-hybridized carbons (Fsp3) is 0.211. The Labute approximate surface area is 178 Å². The number of amides is 1. The van der Waals surface area contributed by atoms with Gasteiger partial charge in [0.15, 0.2) is 11.6 Å². The van der Waals surface area contributed by atoms with Crippen LogP contribution in [0.2, 0.25) is 5.02 Å². The summed E-state index contributed by atoms with van der Waals surface area (Å²) in [5.74, 6) is -3.07. The number of alkyl halides is 1. The molecule has 0 atom stereocenters. The van der Waals surface area contributed by atoms with Gasteiger partial charge in [0.05, 0.1) is 10.2 Å². The molecular formula is C19H16ClF3N2O4S. The molecule has 160 valence electrons. The minimum Gasteiger partial charge on any atom is -0.483 e. The summed E-state index contributed by atoms with van der Waals surface area (Å²) in [6, 6.07) is 7.43. The number of ether oxygens (including phenoxy) is 2. The third-order valence-electron chi connectivity index (χ3n) is 3.52. The average molecular weight is 461 g/mol. The monoisotopic (exact) mass is 460 g/mol. The third kappa shape index (κ3) is 6.07. The van der Waals surface area contributed by atoms with Gasteiger partial charge in [-0.2, -0.15) is 0 Å². The zero-order chi connectivity index (χ0) is 22.1. The Bertz CT molecular complexity index is 1030. The number of nitrogens with zero attached hydrogens (tertiary/aromatic N) is 1. The summed E-state index contributed by atoms with van der Waals surface area (Å²) in [4.78, 5) is 25.1. The first kappa shape index (κ1) is 23.4. The van der Waals surface area contributed by atoms with Crippen molar-refractivity contribution in [2.24, 2.45) is 0 Å². The van der Waals surface area contributed by atoms with E-state index < -0.39 is 29.8 Å². The predicted molar refractivity (Wildman–Crippen MR) is 107 cm³/mol. The van der Waals surface area contributed by atoms with Crippen LogP contribution in [0.5, 0.6) is 5.75 Å². The standard InChI is InChI=1S/C16H11ClF2N2O2S.C3H5FO2/c1-20-16(22)14-9(18)3-4-11(15(14)19)23-7-13-21-10-6-8(17)2-5-12(10)24-13;4-1-2-6-3-5/h2-6H,7H2,1H3,(H,20,22);3H,1-2H2. The van der Waals surface area contributed by atoms with Gasteiger partial charge in [-0.05, 0) is 30.3 Å². The zero-order valence-electron chi connectivity index (χ0n) is 15.6. The van der Waals surface area contributed by atoms with Crippen molar-refractivity contribution in [3.8, 4) is 5.75 Å². The second kappa shape index (κ2) is 11.4. The number of nitrogens with one attached hydrogen (secondary N) is 1. The molecule has 0 aliphatic carbocycles. The van der Waals surface area contributed by atoms with Crippen molar-refractivity contribution >= 4 is 45.5 Å². The van der Waals surface area contributed by atoms with E-state index in [0.717, 1.165) is 22.3 Å². The van der Waals surface area contributed by atoms with Gasteiger partial charge in [-0.3, -0.25) is 9.59 Å². The van der Waals surface area contributed by atoms with Gasteiger partial charge >= 0.3 is 0 Å². The van der Waals surface area contributed by atoms with Gasteiger partial charge in [-0.1, -0.05) is 11.6 Å². The molecule has 1 N–H and O–H groups in total. The molecule has 0 saturated heterocycles. The summed E-state index contributed by atoms with van der Waals surface area (Å²) < 4.78 is 49.0. The van der Waals surface area contributed by atoms with Gasteiger partial charge in [0.25, 0.3) is 12.4 Å². The van der Waals surface area contributed by atoms with Crippen molar-refractivity contribution in [3.05, 3.63) is 57.6 Å². The number of carbonyl (C=O) groups is 2. The van der Waals surface area contributed by atoms with Crippen LogP contribution < -0.4 is 10.1 Å². The van der Waals surface area contributed by atoms with Crippen molar-refractivity contribution < 1.29 is 32.2 Å². The first-order valence-electron chi connectivity index (χ1n) is 8.40. The molecule has 30 heavy (non-hydrogen) atoms. The Hall–Kier alpha value is -2.85. The van der Waals surface area contributed by atoms with Crippen LogP contribution in [0.3, 0.4) is 0 Å². The molecule has 0 aliphatic heterocycles. The summed E-state index contributed by atoms with van der Waals surface area (Å²) in [7, 11) is 1.29. The first-order valence-corrected chi connectivity index (χ1v) is 9.59. The van der Waals surface area contributed by atoms with E-state index in [1.165, 1.54) is 18.4 Å². The van der Waals surface area contributed by atoms with E-state index in [0.29, 0.717) is 10.0 Å². The molecule has 1 heterocycles. The van der Waals surface area contributed by atoms with Crippen LogP contribution in [0.25, 0.3) is 10.2 Å². The summed E-state index contributed by atoms with van der Waals surface area (Å²) in [5.41, 5.74) is 0.0443. The number of hydrogen-bond donors (Lipinski definition) is 1. The summed E-state index contributed by atoms with van der Waals surface area (Å²) >= 11 is 7.29. The van der Waals surface area contributed by atoms with E-state index in [-0.39, 0.29) is 25.4 Å². The normalized spacial score (nSPS) is 10.2. The molecule has 3 rings (SSSR count). The second-order valence-electron chi connectivity index (χ2n) is 5.48. The predicted octanol–water partition coefficient (Wildman–Crippen LogP) is 4.30. The lowest BCUT2D eigenvalue weighted by atomic mass is 10.1. The number of rotatable bonds is 7. The Morgan fingerprint density at radius 2 is 2.07 bits per heavy atom. The molecule has 1 aromatic heterocycles. The number of thiazole rings is 1. The highest BCUT2D eigenvalue weighted by atomic mass is 35.5. The van der Waals surface area contributed by atoms with Crippen LogP contribution in [0.15, 0.2) is 30.3 Å². The van der Waals surface area contributed by atoms with E-state index in [2.05, 4.69) is 15.0 Å². The van der Waals surface area contributed by atoms with Gasteiger partial charge in [-0.15, -0.1) is 11.3 Å². The highest BCUT2D eigenvalue weighted by Gasteiger charge is 2.20. The smallest absolute Gasteiger partial charge is 0.293 e. The summed E-state index contributed by atoms with van der Waals surface area (Å²) in [5, 5.41) is 3.37. The molecule has 0 unspecified atom stereocenters. The fourth-order valence-electron chi connectivity index (χ4n) is 2.22.